The number of hydrogen-bond acceptors (Lipinski definition) is 10. The van der Waals surface area contributed by atoms with Gasteiger partial charge in [0, 0.05) is 55.6 Å². The SMILES string of the molecule is CC[C@]1(c2ccc(NC(=O)CN3[C@H](C)CN(CCOC4CCC(N5C(S)N(c6ccc(C#N)c(C(F)(F)F)c6)C(=O)C5(C)C)CC4)C[C@@H]3C)cc2)CCC(=O)NC1=O.Cl. The van der Waals surface area contributed by atoms with Crippen LogP contribution in [0.2, 0.25) is 0 Å². The monoisotopic (exact) mass is 861 g/mol. The minimum Gasteiger partial charge on any atom is -0.377 e. The number of imide groups is 1. The first-order valence-corrected chi connectivity index (χ1v) is 20.7. The molecule has 4 atom stereocenters. The van der Waals surface area contributed by atoms with Gasteiger partial charge in [-0.05, 0) is 102 Å². The Labute approximate surface area is 356 Å². The van der Waals surface area contributed by atoms with Crippen molar-refractivity contribution in [1.82, 2.24) is 20.0 Å². The van der Waals surface area contributed by atoms with E-state index in [1.807, 2.05) is 36.1 Å². The van der Waals surface area contributed by atoms with Crippen molar-refractivity contribution < 1.29 is 37.1 Å². The maximum Gasteiger partial charge on any atom is 0.417 e. The van der Waals surface area contributed by atoms with Crippen LogP contribution in [0.25, 0.3) is 0 Å². The van der Waals surface area contributed by atoms with Gasteiger partial charge < -0.3 is 10.1 Å². The molecule has 1 unspecified atom stereocenters. The molecule has 2 aromatic rings. The van der Waals surface area contributed by atoms with E-state index >= 15 is 0 Å². The van der Waals surface area contributed by atoms with Gasteiger partial charge in [-0.1, -0.05) is 19.1 Å². The number of carbonyl (C=O) groups is 4. The Hall–Kier alpha value is -3.72. The lowest BCUT2D eigenvalue weighted by molar-refractivity contribution is -0.139. The van der Waals surface area contributed by atoms with Crippen LogP contribution in [0, 0.1) is 11.3 Å². The van der Waals surface area contributed by atoms with Crippen LogP contribution in [-0.2, 0) is 35.5 Å². The number of benzene rings is 2. The van der Waals surface area contributed by atoms with Gasteiger partial charge in [0.2, 0.25) is 23.6 Å². The number of hydrogen-bond donors (Lipinski definition) is 3. The highest BCUT2D eigenvalue weighted by molar-refractivity contribution is 7.81. The first-order valence-electron chi connectivity index (χ1n) is 20.2. The van der Waals surface area contributed by atoms with Crippen molar-refractivity contribution >= 4 is 60.0 Å². The number of piperidine rings is 1. The van der Waals surface area contributed by atoms with E-state index in [0.29, 0.717) is 31.6 Å². The van der Waals surface area contributed by atoms with Crippen molar-refractivity contribution in [2.45, 2.75) is 126 Å². The third-order valence-electron chi connectivity index (χ3n) is 12.7. The number of thiol groups is 1. The van der Waals surface area contributed by atoms with Crippen LogP contribution in [0.3, 0.4) is 0 Å². The normalized spacial score (nSPS) is 28.2. The fourth-order valence-electron chi connectivity index (χ4n) is 9.44. The average Bonchev–Trinajstić information content (AvgIpc) is 3.35. The first-order chi connectivity index (χ1) is 27.4. The number of nitrogens with one attached hydrogen (secondary N) is 2. The summed E-state index contributed by atoms with van der Waals surface area (Å²) >= 11 is 4.76. The Morgan fingerprint density at radius 2 is 1.68 bits per heavy atom. The molecule has 6 rings (SSSR count). The molecule has 0 spiro atoms. The van der Waals surface area contributed by atoms with Crippen LogP contribution in [0.1, 0.15) is 96.3 Å². The van der Waals surface area contributed by atoms with E-state index in [1.54, 1.807) is 19.9 Å². The van der Waals surface area contributed by atoms with E-state index in [2.05, 4.69) is 34.3 Å². The highest BCUT2D eigenvalue weighted by Crippen LogP contribution is 2.43. The predicted molar refractivity (Wildman–Crippen MR) is 223 cm³/mol. The van der Waals surface area contributed by atoms with Gasteiger partial charge in [0.25, 0.3) is 0 Å². The van der Waals surface area contributed by atoms with Gasteiger partial charge in [0.05, 0.1) is 47.4 Å². The quantitative estimate of drug-likeness (QED) is 0.181. The number of carbonyl (C=O) groups excluding carboxylic acids is 4. The van der Waals surface area contributed by atoms with Crippen LogP contribution >= 0.6 is 25.0 Å². The molecule has 3 heterocycles. The first kappa shape index (κ1) is 46.3. The number of nitriles is 1. The summed E-state index contributed by atoms with van der Waals surface area (Å²) in [6.07, 6.45) is -0.348. The van der Waals surface area contributed by atoms with Crippen LogP contribution in [0.4, 0.5) is 24.5 Å². The molecule has 4 amide bonds. The lowest BCUT2D eigenvalue weighted by Crippen LogP contribution is -2.58. The van der Waals surface area contributed by atoms with Gasteiger partial charge in [0.15, 0.2) is 0 Å². The van der Waals surface area contributed by atoms with E-state index in [0.717, 1.165) is 63.0 Å². The molecule has 12 nitrogen and oxygen atoms in total. The fraction of sp³-hybridized carbons (Fsp3) is 0.595. The van der Waals surface area contributed by atoms with Gasteiger partial charge in [-0.3, -0.25) is 44.1 Å². The molecule has 4 fully saturated rings. The van der Waals surface area contributed by atoms with Crippen LogP contribution in [0.15, 0.2) is 42.5 Å². The maximum absolute atomic E-state index is 13.8. The van der Waals surface area contributed by atoms with Gasteiger partial charge in [0.1, 0.15) is 5.50 Å². The van der Waals surface area contributed by atoms with Gasteiger partial charge >= 0.3 is 6.18 Å². The Balaban J connectivity index is 0.00000661. The van der Waals surface area contributed by atoms with Crippen molar-refractivity contribution in [2.75, 3.05) is 43.0 Å². The third-order valence-corrected chi connectivity index (χ3v) is 13.1. The topological polar surface area (TPSA) is 138 Å². The molecule has 0 aromatic heterocycles. The Bertz CT molecular complexity index is 1910. The highest BCUT2D eigenvalue weighted by Gasteiger charge is 2.54. The van der Waals surface area contributed by atoms with Crippen molar-refractivity contribution in [3.63, 3.8) is 0 Å². The van der Waals surface area contributed by atoms with Gasteiger partial charge in [-0.25, -0.2) is 0 Å². The number of ether oxygens (including phenoxy) is 1. The lowest BCUT2D eigenvalue weighted by atomic mass is 9.72. The molecular weight excluding hydrogens is 807 g/mol. The smallest absolute Gasteiger partial charge is 0.377 e. The molecule has 0 radical (unpaired) electrons. The molecule has 3 saturated heterocycles. The van der Waals surface area contributed by atoms with Crippen molar-refractivity contribution in [3.8, 4) is 6.07 Å². The molecule has 1 aliphatic carbocycles. The minimum absolute atomic E-state index is 0. The summed E-state index contributed by atoms with van der Waals surface area (Å²) in [5.74, 6) is -0.994. The summed E-state index contributed by atoms with van der Waals surface area (Å²) in [5, 5.41) is 14.7. The summed E-state index contributed by atoms with van der Waals surface area (Å²) in [6.45, 7) is 12.8. The van der Waals surface area contributed by atoms with E-state index < -0.39 is 33.8 Å². The Kier molecular flexibility index (Phi) is 14.5. The minimum atomic E-state index is -4.74. The van der Waals surface area contributed by atoms with Crippen LogP contribution < -0.4 is 15.5 Å². The predicted octanol–water partition coefficient (Wildman–Crippen LogP) is 6.08. The summed E-state index contributed by atoms with van der Waals surface area (Å²) in [6, 6.07) is 12.5. The van der Waals surface area contributed by atoms with Crippen molar-refractivity contribution in [1.29, 1.82) is 5.26 Å². The molecule has 1 saturated carbocycles. The lowest BCUT2D eigenvalue weighted by Gasteiger charge is -2.44. The third kappa shape index (κ3) is 9.61. The zero-order valence-corrected chi connectivity index (χ0v) is 35.9. The standard InChI is InChI=1S/C42H54F3N7O5S.ClH/c1-6-41(18-17-35(53)48-37(41)55)29-8-10-30(11-9-29)47-36(54)25-50-26(2)23-49(24-27(50)3)19-20-57-33-15-13-31(14-16-33)52-39(58)51(38(56)40(52,4)5)32-12-7-28(22-46)34(21-32)42(43,44)45;/h7-12,21,26-27,31,33,39,58H,6,13-20,23-25H2,1-5H3,(H,47,54)(H,48,53,55);1H/t26-,27+,31?,33?,39?,41-;/m1./s1. The zero-order chi connectivity index (χ0) is 42.2. The van der Waals surface area contributed by atoms with E-state index in [4.69, 9.17) is 17.4 Å². The number of piperazine rings is 1. The Morgan fingerprint density at radius 3 is 2.25 bits per heavy atom. The molecule has 322 valence electrons. The van der Waals surface area contributed by atoms with Crippen LogP contribution in [0.5, 0.6) is 0 Å². The van der Waals surface area contributed by atoms with Crippen LogP contribution in [-0.4, -0.2) is 106 Å². The molecule has 2 N–H and O–H groups in total. The van der Waals surface area contributed by atoms with E-state index in [-0.39, 0.29) is 72.5 Å². The van der Waals surface area contributed by atoms with Gasteiger partial charge in [-0.2, -0.15) is 18.4 Å². The number of nitrogens with zero attached hydrogens (tertiary/aromatic N) is 5. The number of halogens is 4. The molecule has 2 aromatic carbocycles. The second-order valence-corrected chi connectivity index (χ2v) is 17.2. The molecule has 3 aliphatic heterocycles. The largest absolute Gasteiger partial charge is 0.417 e. The zero-order valence-electron chi connectivity index (χ0n) is 34.2. The second-order valence-electron chi connectivity index (χ2n) is 16.7. The van der Waals surface area contributed by atoms with Crippen molar-refractivity contribution in [2.24, 2.45) is 0 Å². The number of anilines is 2. The molecule has 59 heavy (non-hydrogen) atoms. The van der Waals surface area contributed by atoms with Crippen molar-refractivity contribution in [3.05, 3.63) is 59.2 Å². The summed E-state index contributed by atoms with van der Waals surface area (Å²) in [7, 11) is 0. The number of rotatable bonds is 11. The average molecular weight is 862 g/mol. The highest BCUT2D eigenvalue weighted by atomic mass is 35.5. The van der Waals surface area contributed by atoms with E-state index in [9.17, 15) is 37.6 Å². The molecule has 0 bridgehead atoms. The summed E-state index contributed by atoms with van der Waals surface area (Å²) in [5.41, 5.74) is -2.59. The molecule has 17 heteroatoms. The van der Waals surface area contributed by atoms with E-state index in [1.165, 1.54) is 11.0 Å². The maximum atomic E-state index is 13.8. The molecule has 4 aliphatic rings. The summed E-state index contributed by atoms with van der Waals surface area (Å²) in [4.78, 5) is 59.2. The van der Waals surface area contributed by atoms with Gasteiger partial charge in [-0.15, -0.1) is 25.0 Å². The Morgan fingerprint density at radius 1 is 1.03 bits per heavy atom. The fourth-order valence-corrected chi connectivity index (χ4v) is 10.2. The molecular formula is C42H55ClF3N7O5S. The summed E-state index contributed by atoms with van der Waals surface area (Å²) < 4.78 is 47.6. The number of amides is 4. The number of alkyl halides is 3. The second kappa shape index (κ2) is 18.5.